The third-order valence-electron chi connectivity index (χ3n) is 0.401. The molecule has 0 radical (unpaired) electrons. The van der Waals surface area contributed by atoms with Gasteiger partial charge in [-0.05, 0) is 10.0 Å². The van der Waals surface area contributed by atoms with Crippen LogP contribution in [0.5, 0.6) is 0 Å². The third kappa shape index (κ3) is 4.47. The second-order valence-corrected chi connectivity index (χ2v) is 2.01. The molecule has 1 atom stereocenters. The normalized spacial score (nSPS) is 18.0. The summed E-state index contributed by atoms with van der Waals surface area (Å²) in [5, 5.41) is 0. The molecule has 0 fully saturated rings. The molecule has 0 aromatic rings. The van der Waals surface area contributed by atoms with Gasteiger partial charge in [0.15, 0.2) is 0 Å². The zero-order valence-corrected chi connectivity index (χ0v) is 5.97. The van der Waals surface area contributed by atoms with Crippen molar-refractivity contribution in [1.29, 1.82) is 0 Å². The lowest BCUT2D eigenvalue weighted by Crippen LogP contribution is -1.72. The van der Waals surface area contributed by atoms with Crippen molar-refractivity contribution in [2.45, 2.75) is 13.8 Å². The summed E-state index contributed by atoms with van der Waals surface area (Å²) in [6.07, 6.45) is 2.02. The molecule has 6 heavy (non-hydrogen) atoms. The summed E-state index contributed by atoms with van der Waals surface area (Å²) in [4.78, 5) is 0. The van der Waals surface area contributed by atoms with E-state index in [9.17, 15) is 0 Å². The van der Waals surface area contributed by atoms with Crippen LogP contribution in [-0.4, -0.2) is 0 Å². The molecular weight excluding hydrogens is 187 g/mol. The molecular formula is C5H9I. The SMILES string of the molecule is [2H]C[C@@H](C)/C=C/I. The number of halogens is 1. The highest BCUT2D eigenvalue weighted by atomic mass is 127. The first-order valence-corrected chi connectivity index (χ1v) is 3.12. The van der Waals surface area contributed by atoms with Gasteiger partial charge in [-0.25, -0.2) is 0 Å². The second-order valence-electron chi connectivity index (χ2n) is 1.30. The topological polar surface area (TPSA) is 0 Å². The lowest BCUT2D eigenvalue weighted by atomic mass is 10.2. The second kappa shape index (κ2) is 3.65. The summed E-state index contributed by atoms with van der Waals surface area (Å²) < 4.78 is 8.81. The van der Waals surface area contributed by atoms with E-state index in [0.29, 0.717) is 12.8 Å². The molecule has 36 valence electrons. The quantitative estimate of drug-likeness (QED) is 0.566. The van der Waals surface area contributed by atoms with E-state index in [-0.39, 0.29) is 0 Å². The van der Waals surface area contributed by atoms with Gasteiger partial charge in [0.25, 0.3) is 0 Å². The van der Waals surface area contributed by atoms with Gasteiger partial charge in [-0.2, -0.15) is 0 Å². The van der Waals surface area contributed by atoms with Crippen LogP contribution >= 0.6 is 22.6 Å². The Kier molecular flexibility index (Phi) is 2.82. The first kappa shape index (κ1) is 4.62. The monoisotopic (exact) mass is 197 g/mol. The van der Waals surface area contributed by atoms with Crippen LogP contribution in [0, 0.1) is 5.92 Å². The van der Waals surface area contributed by atoms with Gasteiger partial charge >= 0.3 is 0 Å². The fraction of sp³-hybridized carbons (Fsp3) is 0.600. The molecule has 0 aromatic heterocycles. The minimum Gasteiger partial charge on any atom is -0.0759 e. The van der Waals surface area contributed by atoms with Gasteiger partial charge in [-0.1, -0.05) is 42.5 Å². The third-order valence-corrected chi connectivity index (χ3v) is 0.816. The molecule has 0 amide bonds. The molecule has 0 aliphatic carbocycles. The van der Waals surface area contributed by atoms with Crippen molar-refractivity contribution in [2.24, 2.45) is 5.92 Å². The molecule has 0 saturated carbocycles. The molecule has 0 bridgehead atoms. The number of hydrogen-bond acceptors (Lipinski definition) is 0. The number of allylic oxidation sites excluding steroid dienone is 1. The zero-order valence-electron chi connectivity index (χ0n) is 4.82. The first-order valence-electron chi connectivity index (χ1n) is 2.58. The van der Waals surface area contributed by atoms with E-state index in [1.165, 1.54) is 0 Å². The summed E-state index contributed by atoms with van der Waals surface area (Å²) in [6.45, 7) is 2.53. The van der Waals surface area contributed by atoms with Crippen molar-refractivity contribution in [3.05, 3.63) is 10.2 Å². The molecule has 1 heteroatoms. The van der Waals surface area contributed by atoms with Gasteiger partial charge in [0, 0.05) is 1.37 Å². The van der Waals surface area contributed by atoms with Crippen molar-refractivity contribution in [3.63, 3.8) is 0 Å². The van der Waals surface area contributed by atoms with Crippen LogP contribution in [-0.2, 0) is 0 Å². The van der Waals surface area contributed by atoms with E-state index < -0.39 is 0 Å². The maximum atomic E-state index is 6.86. The summed E-state index contributed by atoms with van der Waals surface area (Å²) in [7, 11) is 0. The Bertz CT molecular complexity index is 61.1. The molecule has 0 rings (SSSR count). The highest BCUT2D eigenvalue weighted by Crippen LogP contribution is 1.95. The lowest BCUT2D eigenvalue weighted by Gasteiger charge is -1.86. The van der Waals surface area contributed by atoms with Crippen molar-refractivity contribution < 1.29 is 1.37 Å². The smallest absolute Gasteiger partial charge is 0.0236 e. The summed E-state index contributed by atoms with van der Waals surface area (Å²) in [5.41, 5.74) is 0. The summed E-state index contributed by atoms with van der Waals surface area (Å²) in [5.74, 6) is 0.428. The molecule has 0 nitrogen and oxygen atoms in total. The van der Waals surface area contributed by atoms with Gasteiger partial charge in [0.1, 0.15) is 0 Å². The maximum Gasteiger partial charge on any atom is 0.0236 e. The standard InChI is InChI=1S/C5H9I/c1-5(2)3-4-6/h3-5H,1-2H3/b4-3+/i1D/t5-/m0/s1. The zero-order chi connectivity index (χ0) is 5.70. The first-order chi connectivity index (χ1) is 3.31. The number of rotatable bonds is 1. The van der Waals surface area contributed by atoms with Crippen LogP contribution in [0.4, 0.5) is 0 Å². The Labute approximate surface area is 54.2 Å². The van der Waals surface area contributed by atoms with Gasteiger partial charge in [-0.15, -0.1) is 0 Å². The minimum atomic E-state index is 0.428. The van der Waals surface area contributed by atoms with E-state index in [1.54, 1.807) is 0 Å². The van der Waals surface area contributed by atoms with E-state index in [0.717, 1.165) is 0 Å². The molecule has 0 heterocycles. The summed E-state index contributed by atoms with van der Waals surface area (Å²) in [6, 6.07) is 0. The van der Waals surface area contributed by atoms with Crippen molar-refractivity contribution in [1.82, 2.24) is 0 Å². The van der Waals surface area contributed by atoms with Gasteiger partial charge < -0.3 is 0 Å². The van der Waals surface area contributed by atoms with Crippen LogP contribution in [0.25, 0.3) is 0 Å². The molecule has 0 aliphatic heterocycles. The minimum absolute atomic E-state index is 0.428. The van der Waals surface area contributed by atoms with E-state index in [2.05, 4.69) is 22.6 Å². The van der Waals surface area contributed by atoms with Crippen LogP contribution in [0.15, 0.2) is 10.2 Å². The fourth-order valence-electron chi connectivity index (χ4n) is 0.124. The molecule has 0 unspecified atom stereocenters. The average molecular weight is 197 g/mol. The Morgan fingerprint density at radius 2 is 2.67 bits per heavy atom. The van der Waals surface area contributed by atoms with Crippen molar-refractivity contribution in [3.8, 4) is 0 Å². The Hall–Kier alpha value is 0.470. The summed E-state index contributed by atoms with van der Waals surface area (Å²) >= 11 is 2.16. The molecule has 0 aliphatic rings. The highest BCUT2D eigenvalue weighted by Gasteiger charge is 1.77. The van der Waals surface area contributed by atoms with Crippen LogP contribution in [0.2, 0.25) is 0 Å². The Morgan fingerprint density at radius 3 is 2.83 bits per heavy atom. The molecule has 0 aromatic carbocycles. The van der Waals surface area contributed by atoms with Gasteiger partial charge in [0.2, 0.25) is 0 Å². The van der Waals surface area contributed by atoms with Gasteiger partial charge in [0.05, 0.1) is 0 Å². The predicted molar refractivity (Wildman–Crippen MR) is 38.0 cm³/mol. The van der Waals surface area contributed by atoms with Crippen molar-refractivity contribution in [2.75, 3.05) is 0 Å². The van der Waals surface area contributed by atoms with Gasteiger partial charge in [-0.3, -0.25) is 0 Å². The largest absolute Gasteiger partial charge is 0.0759 e. The highest BCUT2D eigenvalue weighted by molar-refractivity contribution is 14.1. The van der Waals surface area contributed by atoms with Crippen LogP contribution < -0.4 is 0 Å². The Balaban J connectivity index is 3.16. The molecule has 0 spiro atoms. The van der Waals surface area contributed by atoms with E-state index >= 15 is 0 Å². The van der Waals surface area contributed by atoms with Crippen LogP contribution in [0.1, 0.15) is 15.2 Å². The van der Waals surface area contributed by atoms with Crippen molar-refractivity contribution >= 4 is 22.6 Å². The lowest BCUT2D eigenvalue weighted by molar-refractivity contribution is 0.834. The maximum absolute atomic E-state index is 6.86. The Morgan fingerprint density at radius 1 is 2.00 bits per heavy atom. The fourth-order valence-corrected chi connectivity index (χ4v) is 0.833. The molecule has 0 saturated heterocycles. The van der Waals surface area contributed by atoms with E-state index in [1.807, 2.05) is 17.1 Å². The predicted octanol–water partition coefficient (Wildman–Crippen LogP) is 2.59. The average Bonchev–Trinajstić information content (AvgIpc) is 1.68. The molecule has 0 N–H and O–H groups in total. The van der Waals surface area contributed by atoms with E-state index in [4.69, 9.17) is 1.37 Å². The number of hydrogen-bond donors (Lipinski definition) is 0. The van der Waals surface area contributed by atoms with Crippen LogP contribution in [0.3, 0.4) is 0 Å².